The third-order valence-corrected chi connectivity index (χ3v) is 5.04. The fraction of sp³-hybridized carbons (Fsp3) is 0.733. The van der Waals surface area contributed by atoms with Crippen LogP contribution in [0.3, 0.4) is 0 Å². The summed E-state index contributed by atoms with van der Waals surface area (Å²) in [5, 5.41) is 3.97. The number of aromatic nitrogens is 1. The van der Waals surface area contributed by atoms with Gasteiger partial charge >= 0.3 is 0 Å². The molecule has 0 spiro atoms. The molecule has 1 aromatic rings. The number of nitrogens with two attached hydrogens (primary N) is 1. The second kappa shape index (κ2) is 8.71. The number of rotatable bonds is 7. The fourth-order valence-electron chi connectivity index (χ4n) is 2.37. The van der Waals surface area contributed by atoms with Crippen molar-refractivity contribution in [1.82, 2.24) is 10.3 Å². The minimum atomic E-state index is -0.437. The smallest absolute Gasteiger partial charge is 0.227 e. The quantitative estimate of drug-likeness (QED) is 0.803. The minimum Gasteiger partial charge on any atom is -0.349 e. The van der Waals surface area contributed by atoms with Gasteiger partial charge in [-0.05, 0) is 25.7 Å². The number of nitrogens with one attached hydrogen (secondary N) is 1. The number of carbonyl (C=O) groups excluding carboxylic acids is 1. The molecular formula is C15H28ClN3OS. The Morgan fingerprint density at radius 1 is 1.38 bits per heavy atom. The van der Waals surface area contributed by atoms with Crippen LogP contribution in [0, 0.1) is 12.3 Å². The predicted molar refractivity (Wildman–Crippen MR) is 92.1 cm³/mol. The maximum atomic E-state index is 12.3. The molecule has 0 fully saturated rings. The summed E-state index contributed by atoms with van der Waals surface area (Å²) >= 11 is 1.66. The van der Waals surface area contributed by atoms with E-state index in [-0.39, 0.29) is 18.3 Å². The van der Waals surface area contributed by atoms with Crippen molar-refractivity contribution in [3.05, 3.63) is 15.6 Å². The summed E-state index contributed by atoms with van der Waals surface area (Å²) < 4.78 is 0. The number of thiazole rings is 1. The molecule has 122 valence electrons. The predicted octanol–water partition coefficient (Wildman–Crippen LogP) is 3.38. The number of nitrogens with zero attached hydrogens (tertiary/aromatic N) is 1. The molecule has 6 heteroatoms. The van der Waals surface area contributed by atoms with Gasteiger partial charge in [-0.1, -0.05) is 27.7 Å². The van der Waals surface area contributed by atoms with Gasteiger partial charge in [-0.3, -0.25) is 4.79 Å². The first-order valence-electron chi connectivity index (χ1n) is 7.34. The van der Waals surface area contributed by atoms with E-state index in [1.165, 1.54) is 4.88 Å². The van der Waals surface area contributed by atoms with Crippen LogP contribution < -0.4 is 11.1 Å². The van der Waals surface area contributed by atoms with Crippen LogP contribution in [-0.4, -0.2) is 17.4 Å². The molecule has 0 aromatic carbocycles. The SMILES string of the molecule is CCC(CC)(CN)C(=O)NCc1nc(C(C)C)c(C)s1.Cl. The Morgan fingerprint density at radius 2 is 1.95 bits per heavy atom. The van der Waals surface area contributed by atoms with Gasteiger partial charge in [-0.15, -0.1) is 23.7 Å². The molecule has 0 atom stereocenters. The van der Waals surface area contributed by atoms with Gasteiger partial charge in [0.2, 0.25) is 5.91 Å². The Balaban J connectivity index is 0.00000400. The Hall–Kier alpha value is -0.650. The van der Waals surface area contributed by atoms with Crippen LogP contribution in [-0.2, 0) is 11.3 Å². The van der Waals surface area contributed by atoms with Gasteiger partial charge in [0.25, 0.3) is 0 Å². The monoisotopic (exact) mass is 333 g/mol. The largest absolute Gasteiger partial charge is 0.349 e. The zero-order valence-electron chi connectivity index (χ0n) is 13.7. The molecule has 0 aliphatic heterocycles. The van der Waals surface area contributed by atoms with E-state index >= 15 is 0 Å². The summed E-state index contributed by atoms with van der Waals surface area (Å²) in [6.07, 6.45) is 1.53. The second-order valence-electron chi connectivity index (χ2n) is 5.58. The van der Waals surface area contributed by atoms with E-state index in [9.17, 15) is 4.79 Å². The molecule has 4 nitrogen and oxygen atoms in total. The van der Waals surface area contributed by atoms with E-state index in [2.05, 4.69) is 31.1 Å². The van der Waals surface area contributed by atoms with E-state index < -0.39 is 5.41 Å². The number of carbonyl (C=O) groups is 1. The molecule has 1 aromatic heterocycles. The Morgan fingerprint density at radius 3 is 2.33 bits per heavy atom. The van der Waals surface area contributed by atoms with Gasteiger partial charge in [0.15, 0.2) is 0 Å². The van der Waals surface area contributed by atoms with Crippen molar-refractivity contribution in [2.75, 3.05) is 6.54 Å². The first-order valence-corrected chi connectivity index (χ1v) is 8.16. The van der Waals surface area contributed by atoms with Gasteiger partial charge in [0.05, 0.1) is 17.7 Å². The van der Waals surface area contributed by atoms with Gasteiger partial charge in [0, 0.05) is 11.4 Å². The summed E-state index contributed by atoms with van der Waals surface area (Å²) in [5.74, 6) is 0.467. The van der Waals surface area contributed by atoms with Crippen molar-refractivity contribution < 1.29 is 4.79 Å². The number of hydrogen-bond acceptors (Lipinski definition) is 4. The third kappa shape index (κ3) is 4.66. The van der Waals surface area contributed by atoms with Crippen molar-refractivity contribution in [3.63, 3.8) is 0 Å². The van der Waals surface area contributed by atoms with Crippen LogP contribution in [0.4, 0.5) is 0 Å². The Kier molecular flexibility index (Phi) is 8.44. The summed E-state index contributed by atoms with van der Waals surface area (Å²) in [4.78, 5) is 18.2. The maximum Gasteiger partial charge on any atom is 0.227 e. The summed E-state index contributed by atoms with van der Waals surface area (Å²) in [7, 11) is 0. The zero-order chi connectivity index (χ0) is 15.3. The topological polar surface area (TPSA) is 68.0 Å². The highest BCUT2D eigenvalue weighted by Crippen LogP contribution is 2.26. The van der Waals surface area contributed by atoms with E-state index in [1.807, 2.05) is 13.8 Å². The van der Waals surface area contributed by atoms with Crippen LogP contribution in [0.2, 0.25) is 0 Å². The van der Waals surface area contributed by atoms with E-state index in [1.54, 1.807) is 11.3 Å². The van der Waals surface area contributed by atoms with Gasteiger partial charge in [-0.25, -0.2) is 4.98 Å². The van der Waals surface area contributed by atoms with Crippen molar-refractivity contribution in [1.29, 1.82) is 0 Å². The standard InChI is InChI=1S/C15H27N3OS.ClH/c1-6-15(7-2,9-16)14(19)17-8-12-18-13(10(3)4)11(5)20-12;/h10H,6-9,16H2,1-5H3,(H,17,19);1H. The van der Waals surface area contributed by atoms with Crippen LogP contribution in [0.1, 0.15) is 62.0 Å². The number of aryl methyl sites for hydroxylation is 1. The molecule has 0 saturated heterocycles. The number of hydrogen-bond donors (Lipinski definition) is 2. The van der Waals surface area contributed by atoms with Gasteiger partial charge in [-0.2, -0.15) is 0 Å². The highest BCUT2D eigenvalue weighted by molar-refractivity contribution is 7.11. The molecular weight excluding hydrogens is 306 g/mol. The van der Waals surface area contributed by atoms with Crippen molar-refractivity contribution in [3.8, 4) is 0 Å². The highest BCUT2D eigenvalue weighted by Gasteiger charge is 2.33. The molecule has 0 bridgehead atoms. The molecule has 1 heterocycles. The van der Waals surface area contributed by atoms with Crippen LogP contribution >= 0.6 is 23.7 Å². The lowest BCUT2D eigenvalue weighted by Crippen LogP contribution is -2.45. The van der Waals surface area contributed by atoms with E-state index in [4.69, 9.17) is 5.73 Å². The number of amides is 1. The molecule has 3 N–H and O–H groups in total. The summed E-state index contributed by atoms with van der Waals surface area (Å²) in [6.45, 7) is 11.3. The second-order valence-corrected chi connectivity index (χ2v) is 6.87. The lowest BCUT2D eigenvalue weighted by molar-refractivity contribution is -0.131. The van der Waals surface area contributed by atoms with Gasteiger partial charge in [0.1, 0.15) is 5.01 Å². The van der Waals surface area contributed by atoms with Crippen LogP contribution in [0.15, 0.2) is 0 Å². The average Bonchev–Trinajstić information content (AvgIpc) is 2.80. The van der Waals surface area contributed by atoms with E-state index in [0.717, 1.165) is 23.5 Å². The lowest BCUT2D eigenvalue weighted by Gasteiger charge is -2.28. The Labute approximate surface area is 138 Å². The molecule has 1 amide bonds. The highest BCUT2D eigenvalue weighted by atomic mass is 35.5. The molecule has 0 saturated carbocycles. The van der Waals surface area contributed by atoms with Crippen LogP contribution in [0.5, 0.6) is 0 Å². The molecule has 0 aliphatic rings. The fourth-order valence-corrected chi connectivity index (χ4v) is 3.40. The maximum absolute atomic E-state index is 12.3. The van der Waals surface area contributed by atoms with Crippen LogP contribution in [0.25, 0.3) is 0 Å². The van der Waals surface area contributed by atoms with Crippen molar-refractivity contribution >= 4 is 29.7 Å². The summed E-state index contributed by atoms with van der Waals surface area (Å²) in [5.41, 5.74) is 6.49. The molecule has 0 radical (unpaired) electrons. The third-order valence-electron chi connectivity index (χ3n) is 4.05. The first-order chi connectivity index (χ1) is 9.40. The molecule has 0 unspecified atom stereocenters. The molecule has 0 aliphatic carbocycles. The van der Waals surface area contributed by atoms with Crippen molar-refractivity contribution in [2.45, 2.75) is 59.9 Å². The van der Waals surface area contributed by atoms with E-state index in [0.29, 0.717) is 19.0 Å². The average molecular weight is 334 g/mol. The first kappa shape index (κ1) is 20.3. The lowest BCUT2D eigenvalue weighted by atomic mass is 9.81. The summed E-state index contributed by atoms with van der Waals surface area (Å²) in [6, 6.07) is 0. The zero-order valence-corrected chi connectivity index (χ0v) is 15.3. The minimum absolute atomic E-state index is 0. The molecule has 1 rings (SSSR count). The van der Waals surface area contributed by atoms with Gasteiger partial charge < -0.3 is 11.1 Å². The number of halogens is 1. The normalized spacial score (nSPS) is 11.4. The molecule has 21 heavy (non-hydrogen) atoms. The Bertz CT molecular complexity index is 448. The van der Waals surface area contributed by atoms with Crippen molar-refractivity contribution in [2.24, 2.45) is 11.1 Å².